The van der Waals surface area contributed by atoms with Gasteiger partial charge in [-0.1, -0.05) is 30.9 Å². The summed E-state index contributed by atoms with van der Waals surface area (Å²) in [6, 6.07) is 0. The lowest BCUT2D eigenvalue weighted by atomic mass is 9.92. The van der Waals surface area contributed by atoms with Gasteiger partial charge in [0.2, 0.25) is 0 Å². The lowest BCUT2D eigenvalue weighted by Gasteiger charge is -2.13. The molecule has 0 aromatic carbocycles. The molecule has 0 saturated heterocycles. The average Bonchev–Trinajstić information content (AvgIpc) is 2.04. The Morgan fingerprint density at radius 3 is 3.00 bits per heavy atom. The van der Waals surface area contributed by atoms with Crippen LogP contribution in [-0.4, -0.2) is 11.1 Å². The molecular formula is C9H10O2. The molecule has 0 aromatic heterocycles. The maximum Gasteiger partial charge on any atom is 0.311 e. The van der Waals surface area contributed by atoms with Crippen LogP contribution in [0.2, 0.25) is 0 Å². The molecule has 1 aliphatic rings. The van der Waals surface area contributed by atoms with Crippen LogP contribution >= 0.6 is 0 Å². The van der Waals surface area contributed by atoms with Crippen LogP contribution in [0.5, 0.6) is 0 Å². The summed E-state index contributed by atoms with van der Waals surface area (Å²) in [5.74, 6) is -1.17. The maximum absolute atomic E-state index is 10.6. The smallest absolute Gasteiger partial charge is 0.311 e. The Morgan fingerprint density at radius 2 is 2.55 bits per heavy atom. The van der Waals surface area contributed by atoms with E-state index in [1.54, 1.807) is 12.2 Å². The standard InChI is InChI=1S/C9H10O2/c1-2-7-5-3-4-6-8(7)9(10)11/h2-5,8H,1,6H2,(H,10,11). The Kier molecular flexibility index (Phi) is 2.26. The second-order valence-electron chi connectivity index (χ2n) is 2.43. The second kappa shape index (κ2) is 3.19. The first-order valence-electron chi connectivity index (χ1n) is 3.47. The minimum atomic E-state index is -0.777. The second-order valence-corrected chi connectivity index (χ2v) is 2.43. The van der Waals surface area contributed by atoms with Crippen molar-refractivity contribution >= 4 is 5.97 Å². The summed E-state index contributed by atoms with van der Waals surface area (Å²) in [7, 11) is 0. The van der Waals surface area contributed by atoms with E-state index >= 15 is 0 Å². The van der Waals surface area contributed by atoms with Gasteiger partial charge in [-0.05, 0) is 12.0 Å². The minimum absolute atomic E-state index is 0.391. The predicted molar refractivity (Wildman–Crippen MR) is 43.2 cm³/mol. The van der Waals surface area contributed by atoms with Crippen molar-refractivity contribution < 1.29 is 9.90 Å². The molecule has 0 amide bonds. The van der Waals surface area contributed by atoms with E-state index in [1.165, 1.54) is 0 Å². The number of rotatable bonds is 2. The van der Waals surface area contributed by atoms with Gasteiger partial charge in [0.25, 0.3) is 0 Å². The van der Waals surface area contributed by atoms with Crippen molar-refractivity contribution in [3.05, 3.63) is 36.5 Å². The highest BCUT2D eigenvalue weighted by Gasteiger charge is 2.19. The Hall–Kier alpha value is -1.31. The third kappa shape index (κ3) is 1.58. The summed E-state index contributed by atoms with van der Waals surface area (Å²) in [5, 5.41) is 8.72. The fourth-order valence-corrected chi connectivity index (χ4v) is 1.10. The summed E-state index contributed by atoms with van der Waals surface area (Å²) >= 11 is 0. The Labute approximate surface area is 65.5 Å². The fraction of sp³-hybridized carbons (Fsp3) is 0.222. The van der Waals surface area contributed by atoms with E-state index in [4.69, 9.17) is 5.11 Å². The number of aliphatic carboxylic acids is 1. The topological polar surface area (TPSA) is 37.3 Å². The van der Waals surface area contributed by atoms with E-state index in [0.717, 1.165) is 5.57 Å². The Bertz CT molecular complexity index is 236. The molecule has 0 heterocycles. The average molecular weight is 150 g/mol. The molecule has 1 aliphatic carbocycles. The molecule has 0 fully saturated rings. The molecule has 0 saturated carbocycles. The number of carbonyl (C=O) groups is 1. The lowest BCUT2D eigenvalue weighted by molar-refractivity contribution is -0.140. The fourth-order valence-electron chi connectivity index (χ4n) is 1.10. The molecule has 0 aliphatic heterocycles. The third-order valence-corrected chi connectivity index (χ3v) is 1.73. The van der Waals surface area contributed by atoms with Gasteiger partial charge < -0.3 is 5.11 Å². The lowest BCUT2D eigenvalue weighted by Crippen LogP contribution is -2.15. The SMILES string of the molecule is C=CC1=CC=CCC1C(=O)O. The van der Waals surface area contributed by atoms with Gasteiger partial charge in [0.15, 0.2) is 0 Å². The van der Waals surface area contributed by atoms with Gasteiger partial charge >= 0.3 is 5.97 Å². The molecule has 0 radical (unpaired) electrons. The molecular weight excluding hydrogens is 140 g/mol. The van der Waals surface area contributed by atoms with Crippen LogP contribution in [0.4, 0.5) is 0 Å². The number of carboxylic acids is 1. The molecule has 1 N–H and O–H groups in total. The quantitative estimate of drug-likeness (QED) is 0.651. The molecule has 2 heteroatoms. The predicted octanol–water partition coefficient (Wildman–Crippen LogP) is 1.76. The van der Waals surface area contributed by atoms with Crippen molar-refractivity contribution in [2.75, 3.05) is 0 Å². The molecule has 0 aromatic rings. The van der Waals surface area contributed by atoms with Crippen LogP contribution in [0.15, 0.2) is 36.5 Å². The first kappa shape index (κ1) is 7.79. The van der Waals surface area contributed by atoms with E-state index in [-0.39, 0.29) is 0 Å². The minimum Gasteiger partial charge on any atom is -0.481 e. The largest absolute Gasteiger partial charge is 0.481 e. The van der Waals surface area contributed by atoms with Crippen LogP contribution in [0.1, 0.15) is 6.42 Å². The highest BCUT2D eigenvalue weighted by atomic mass is 16.4. The molecule has 1 unspecified atom stereocenters. The van der Waals surface area contributed by atoms with Crippen LogP contribution in [0.25, 0.3) is 0 Å². The summed E-state index contributed by atoms with van der Waals surface area (Å²) < 4.78 is 0. The van der Waals surface area contributed by atoms with E-state index < -0.39 is 11.9 Å². The van der Waals surface area contributed by atoms with Crippen molar-refractivity contribution in [3.8, 4) is 0 Å². The first-order chi connectivity index (χ1) is 5.25. The summed E-state index contributed by atoms with van der Waals surface area (Å²) in [4.78, 5) is 10.6. The van der Waals surface area contributed by atoms with E-state index in [9.17, 15) is 4.79 Å². The molecule has 0 spiro atoms. The van der Waals surface area contributed by atoms with Gasteiger partial charge in [-0.15, -0.1) is 0 Å². The van der Waals surface area contributed by atoms with Gasteiger partial charge in [-0.2, -0.15) is 0 Å². The zero-order chi connectivity index (χ0) is 8.27. The Balaban J connectivity index is 2.83. The zero-order valence-corrected chi connectivity index (χ0v) is 6.16. The van der Waals surface area contributed by atoms with Crippen LogP contribution < -0.4 is 0 Å². The van der Waals surface area contributed by atoms with Crippen molar-refractivity contribution in [1.82, 2.24) is 0 Å². The zero-order valence-electron chi connectivity index (χ0n) is 6.16. The highest BCUT2D eigenvalue weighted by Crippen LogP contribution is 2.20. The Morgan fingerprint density at radius 1 is 1.82 bits per heavy atom. The highest BCUT2D eigenvalue weighted by molar-refractivity contribution is 5.75. The molecule has 1 rings (SSSR count). The van der Waals surface area contributed by atoms with E-state index in [2.05, 4.69) is 6.58 Å². The van der Waals surface area contributed by atoms with E-state index in [1.807, 2.05) is 12.2 Å². The van der Waals surface area contributed by atoms with Crippen molar-refractivity contribution in [3.63, 3.8) is 0 Å². The number of hydrogen-bond donors (Lipinski definition) is 1. The molecule has 11 heavy (non-hydrogen) atoms. The summed E-state index contributed by atoms with van der Waals surface area (Å²) in [6.07, 6.45) is 7.67. The van der Waals surface area contributed by atoms with Gasteiger partial charge in [0.05, 0.1) is 5.92 Å². The molecule has 58 valence electrons. The van der Waals surface area contributed by atoms with E-state index in [0.29, 0.717) is 6.42 Å². The summed E-state index contributed by atoms with van der Waals surface area (Å²) in [6.45, 7) is 3.55. The van der Waals surface area contributed by atoms with Gasteiger partial charge in [0, 0.05) is 0 Å². The maximum atomic E-state index is 10.6. The van der Waals surface area contributed by atoms with Crippen LogP contribution in [0, 0.1) is 5.92 Å². The first-order valence-corrected chi connectivity index (χ1v) is 3.47. The van der Waals surface area contributed by atoms with Crippen LogP contribution in [0.3, 0.4) is 0 Å². The van der Waals surface area contributed by atoms with Gasteiger partial charge in [-0.3, -0.25) is 4.79 Å². The molecule has 2 nitrogen and oxygen atoms in total. The van der Waals surface area contributed by atoms with Crippen molar-refractivity contribution in [2.24, 2.45) is 5.92 Å². The number of carboxylic acid groups (broad SMARTS) is 1. The number of hydrogen-bond acceptors (Lipinski definition) is 1. The molecule has 0 bridgehead atoms. The monoisotopic (exact) mass is 150 g/mol. The van der Waals surface area contributed by atoms with Crippen molar-refractivity contribution in [1.29, 1.82) is 0 Å². The van der Waals surface area contributed by atoms with Gasteiger partial charge in [0.1, 0.15) is 0 Å². The van der Waals surface area contributed by atoms with Crippen LogP contribution in [-0.2, 0) is 4.79 Å². The van der Waals surface area contributed by atoms with Crippen molar-refractivity contribution in [2.45, 2.75) is 6.42 Å². The van der Waals surface area contributed by atoms with Gasteiger partial charge in [-0.25, -0.2) is 0 Å². The normalized spacial score (nSPS) is 22.5. The number of allylic oxidation sites excluding steroid dienone is 4. The summed E-state index contributed by atoms with van der Waals surface area (Å²) in [5.41, 5.74) is 0.792. The molecule has 1 atom stereocenters. The third-order valence-electron chi connectivity index (χ3n) is 1.73.